The van der Waals surface area contributed by atoms with Crippen molar-refractivity contribution in [3.8, 4) is 0 Å². The molecule has 1 aliphatic heterocycles. The van der Waals surface area contributed by atoms with Gasteiger partial charge in [0.1, 0.15) is 0 Å². The van der Waals surface area contributed by atoms with Crippen LogP contribution in [0.4, 0.5) is 0 Å². The molecule has 0 aromatic carbocycles. The number of carbonyl (C=O) groups excluding carboxylic acids is 1. The van der Waals surface area contributed by atoms with Crippen LogP contribution in [0.15, 0.2) is 12.2 Å². The molecule has 1 aliphatic rings. The van der Waals surface area contributed by atoms with Crippen molar-refractivity contribution in [3.63, 3.8) is 0 Å². The molecule has 12 heavy (non-hydrogen) atoms. The van der Waals surface area contributed by atoms with E-state index in [1.165, 1.54) is 11.8 Å². The highest BCUT2D eigenvalue weighted by Crippen LogP contribution is 2.29. The first-order valence-corrected chi connectivity index (χ1v) is 4.88. The van der Waals surface area contributed by atoms with Crippen LogP contribution in [0.3, 0.4) is 0 Å². The summed E-state index contributed by atoms with van der Waals surface area (Å²) in [4.78, 5) is 11.4. The highest BCUT2D eigenvalue weighted by atomic mass is 32.2. The lowest BCUT2D eigenvalue weighted by molar-refractivity contribution is -0.121. The fourth-order valence-electron chi connectivity index (χ4n) is 0.950. The summed E-state index contributed by atoms with van der Waals surface area (Å²) in [6, 6.07) is 0. The van der Waals surface area contributed by atoms with E-state index in [0.717, 1.165) is 0 Å². The van der Waals surface area contributed by atoms with Gasteiger partial charge in [-0.3, -0.25) is 4.79 Å². The molecular weight excluding hydrogens is 192 g/mol. The highest BCUT2D eigenvalue weighted by molar-refractivity contribution is 8.23. The third-order valence-electron chi connectivity index (χ3n) is 1.61. The van der Waals surface area contributed by atoms with Gasteiger partial charge < -0.3 is 4.74 Å². The molecule has 1 heterocycles. The normalized spacial score (nSPS) is 28.3. The molecule has 0 spiro atoms. The molecule has 1 fully saturated rings. The molecule has 4 heteroatoms. The van der Waals surface area contributed by atoms with Crippen LogP contribution in [0.2, 0.25) is 0 Å². The van der Waals surface area contributed by atoms with Gasteiger partial charge in [0.2, 0.25) is 4.38 Å². The number of ether oxygens (including phenoxy) is 1. The first kappa shape index (κ1) is 9.74. The van der Waals surface area contributed by atoms with Crippen molar-refractivity contribution in [2.45, 2.75) is 25.2 Å². The second-order valence-corrected chi connectivity index (χ2v) is 4.74. The van der Waals surface area contributed by atoms with Crippen molar-refractivity contribution in [1.29, 1.82) is 0 Å². The minimum Gasteiger partial charge on any atom is -0.466 e. The third-order valence-corrected chi connectivity index (χ3v) is 2.90. The van der Waals surface area contributed by atoms with Crippen LogP contribution < -0.4 is 0 Å². The van der Waals surface area contributed by atoms with Crippen LogP contribution in [-0.4, -0.2) is 21.5 Å². The summed E-state index contributed by atoms with van der Waals surface area (Å²) in [5.74, 6) is -0.0464. The number of thiocarbonyl (C=S) groups is 1. The molecule has 1 saturated heterocycles. The van der Waals surface area contributed by atoms with Crippen LogP contribution in [0.1, 0.15) is 13.8 Å². The van der Waals surface area contributed by atoms with Gasteiger partial charge in [-0.2, -0.15) is 0 Å². The van der Waals surface area contributed by atoms with E-state index in [1.54, 1.807) is 6.92 Å². The monoisotopic (exact) mass is 202 g/mol. The summed E-state index contributed by atoms with van der Waals surface area (Å²) in [6.07, 6.45) is -0.417. The fourth-order valence-corrected chi connectivity index (χ4v) is 2.27. The molecule has 1 rings (SSSR count). The van der Waals surface area contributed by atoms with Gasteiger partial charge in [-0.05, 0) is 31.6 Å². The Labute approximate surface area is 81.4 Å². The van der Waals surface area contributed by atoms with Crippen LogP contribution in [0, 0.1) is 0 Å². The second kappa shape index (κ2) is 3.58. The van der Waals surface area contributed by atoms with Crippen LogP contribution in [0.25, 0.3) is 0 Å². The zero-order valence-electron chi connectivity index (χ0n) is 6.99. The summed E-state index contributed by atoms with van der Waals surface area (Å²) in [5, 5.41) is 0.113. The fraction of sp³-hybridized carbons (Fsp3) is 0.500. The van der Waals surface area contributed by atoms with Gasteiger partial charge in [0, 0.05) is 0 Å². The van der Waals surface area contributed by atoms with Crippen molar-refractivity contribution < 1.29 is 9.53 Å². The molecule has 0 aromatic heterocycles. The second-order valence-electron chi connectivity index (χ2n) is 2.76. The van der Waals surface area contributed by atoms with E-state index >= 15 is 0 Å². The summed E-state index contributed by atoms with van der Waals surface area (Å²) < 4.78 is 5.64. The molecule has 0 bridgehead atoms. The average molecular weight is 202 g/mol. The molecule has 2 atom stereocenters. The van der Waals surface area contributed by atoms with Crippen LogP contribution in [0.5, 0.6) is 0 Å². The Kier molecular flexibility index (Phi) is 2.90. The van der Waals surface area contributed by atoms with Gasteiger partial charge >= 0.3 is 0 Å². The predicted molar refractivity (Wildman–Crippen MR) is 54.3 cm³/mol. The molecule has 2 unspecified atom stereocenters. The first-order chi connectivity index (χ1) is 5.52. The van der Waals surface area contributed by atoms with Crippen molar-refractivity contribution in [2.24, 2.45) is 0 Å². The minimum absolute atomic E-state index is 0.0464. The molecule has 0 N–H and O–H groups in total. The Hall–Kier alpha value is -0.350. The van der Waals surface area contributed by atoms with Gasteiger partial charge in [-0.1, -0.05) is 18.3 Å². The Morgan fingerprint density at radius 2 is 2.33 bits per heavy atom. The zero-order chi connectivity index (χ0) is 9.30. The van der Waals surface area contributed by atoms with E-state index in [-0.39, 0.29) is 11.0 Å². The molecule has 0 aliphatic carbocycles. The molecule has 0 saturated carbocycles. The number of rotatable bonds is 2. The zero-order valence-corrected chi connectivity index (χ0v) is 8.63. The molecule has 0 aromatic rings. The maximum atomic E-state index is 11.4. The SMILES string of the molecule is C=C(C)C(=O)C1OC(=S)SC1C. The van der Waals surface area contributed by atoms with Gasteiger partial charge in [-0.15, -0.1) is 0 Å². The number of carbonyl (C=O) groups is 1. The van der Waals surface area contributed by atoms with Crippen LogP contribution in [-0.2, 0) is 9.53 Å². The number of Topliss-reactive ketones (excluding diaryl/α,β-unsaturated/α-hetero) is 1. The Balaban J connectivity index is 2.70. The van der Waals surface area contributed by atoms with Gasteiger partial charge in [0.05, 0.1) is 5.25 Å². The lowest BCUT2D eigenvalue weighted by atomic mass is 10.1. The van der Waals surface area contributed by atoms with E-state index in [4.69, 9.17) is 17.0 Å². The van der Waals surface area contributed by atoms with Gasteiger partial charge in [0.15, 0.2) is 11.9 Å². The average Bonchev–Trinajstić information content (AvgIpc) is 2.28. The molecule has 66 valence electrons. The van der Waals surface area contributed by atoms with E-state index in [0.29, 0.717) is 9.96 Å². The maximum absolute atomic E-state index is 11.4. The third kappa shape index (κ3) is 1.87. The van der Waals surface area contributed by atoms with Crippen molar-refractivity contribution in [3.05, 3.63) is 12.2 Å². The van der Waals surface area contributed by atoms with E-state index in [9.17, 15) is 4.79 Å². The lowest BCUT2D eigenvalue weighted by Crippen LogP contribution is -2.28. The predicted octanol–water partition coefficient (Wildman–Crippen LogP) is 1.94. The van der Waals surface area contributed by atoms with E-state index in [1.807, 2.05) is 6.92 Å². The first-order valence-electron chi connectivity index (χ1n) is 3.59. The molecular formula is C8H10O2S2. The smallest absolute Gasteiger partial charge is 0.221 e. The summed E-state index contributed by atoms with van der Waals surface area (Å²) in [7, 11) is 0. The summed E-state index contributed by atoms with van der Waals surface area (Å²) >= 11 is 6.26. The number of thioether (sulfide) groups is 1. The van der Waals surface area contributed by atoms with E-state index in [2.05, 4.69) is 6.58 Å². The standard InChI is InChI=1S/C8H10O2S2/c1-4(2)6(9)7-5(3)12-8(11)10-7/h5,7H,1H2,2-3H3. The van der Waals surface area contributed by atoms with Gasteiger partial charge in [0.25, 0.3) is 0 Å². The Morgan fingerprint density at radius 3 is 2.67 bits per heavy atom. The summed E-state index contributed by atoms with van der Waals surface area (Å²) in [5.41, 5.74) is 0.525. The summed E-state index contributed by atoms with van der Waals surface area (Å²) in [6.45, 7) is 7.19. The Bertz CT molecular complexity index is 247. The van der Waals surface area contributed by atoms with Gasteiger partial charge in [-0.25, -0.2) is 0 Å². The van der Waals surface area contributed by atoms with Crippen molar-refractivity contribution in [1.82, 2.24) is 0 Å². The number of hydrogen-bond acceptors (Lipinski definition) is 4. The minimum atomic E-state index is -0.417. The largest absolute Gasteiger partial charge is 0.466 e. The van der Waals surface area contributed by atoms with Crippen LogP contribution >= 0.6 is 24.0 Å². The van der Waals surface area contributed by atoms with E-state index < -0.39 is 6.10 Å². The number of ketones is 1. The number of hydrogen-bond donors (Lipinski definition) is 0. The lowest BCUT2D eigenvalue weighted by Gasteiger charge is -2.10. The quantitative estimate of drug-likeness (QED) is 0.505. The molecule has 0 radical (unpaired) electrons. The maximum Gasteiger partial charge on any atom is 0.221 e. The molecule has 2 nitrogen and oxygen atoms in total. The highest BCUT2D eigenvalue weighted by Gasteiger charge is 2.35. The van der Waals surface area contributed by atoms with Crippen molar-refractivity contribution in [2.75, 3.05) is 0 Å². The molecule has 0 amide bonds. The van der Waals surface area contributed by atoms with Crippen molar-refractivity contribution >= 4 is 34.1 Å². The Morgan fingerprint density at radius 1 is 1.75 bits per heavy atom. The topological polar surface area (TPSA) is 26.3 Å².